The molecule has 10 aromatic rings. The Morgan fingerprint density at radius 1 is 0.540 bits per heavy atom. The monoisotopic (exact) mass is 646 g/mol. The molecule has 0 aliphatic carbocycles. The number of pyridine rings is 4. The summed E-state index contributed by atoms with van der Waals surface area (Å²) in [4.78, 5) is 19.8. The first kappa shape index (κ1) is 28.4. The number of imidazole rings is 2. The normalized spacial score (nSPS) is 11.9. The van der Waals surface area contributed by atoms with Crippen molar-refractivity contribution in [2.45, 2.75) is 20.8 Å². The largest absolute Gasteiger partial charge is 0.457 e. The molecule has 0 fully saturated rings. The molecule has 0 aliphatic heterocycles. The van der Waals surface area contributed by atoms with Gasteiger partial charge in [-0.3, -0.25) is 8.80 Å². The summed E-state index contributed by atoms with van der Waals surface area (Å²) in [6, 6.07) is 35.4. The molecule has 0 aliphatic rings. The first-order chi connectivity index (χ1) is 24.5. The van der Waals surface area contributed by atoms with Gasteiger partial charge in [0.25, 0.3) is 0 Å². The number of fused-ring (bicyclic) bond motifs is 12. The number of rotatable bonds is 4. The van der Waals surface area contributed by atoms with Gasteiger partial charge in [0.2, 0.25) is 0 Å². The predicted molar refractivity (Wildman–Crippen MR) is 201 cm³/mol. The van der Waals surface area contributed by atoms with E-state index in [0.717, 1.165) is 88.9 Å². The summed E-state index contributed by atoms with van der Waals surface area (Å²) in [6.45, 7) is 6.44. The highest BCUT2D eigenvalue weighted by Crippen LogP contribution is 2.38. The van der Waals surface area contributed by atoms with Gasteiger partial charge < -0.3 is 4.74 Å². The quantitative estimate of drug-likeness (QED) is 0.178. The number of hydrogen-bond donors (Lipinski definition) is 0. The van der Waals surface area contributed by atoms with Gasteiger partial charge in [0.15, 0.2) is 0 Å². The molecule has 7 nitrogen and oxygen atoms in total. The van der Waals surface area contributed by atoms with E-state index in [-0.39, 0.29) is 0 Å². The van der Waals surface area contributed by atoms with E-state index in [9.17, 15) is 0 Å². The van der Waals surface area contributed by atoms with Crippen LogP contribution in [0.2, 0.25) is 0 Å². The third-order valence-corrected chi connectivity index (χ3v) is 9.76. The molecule has 4 aromatic carbocycles. The van der Waals surface area contributed by atoms with E-state index in [2.05, 4.69) is 96.4 Å². The average molecular weight is 647 g/mol. The number of aryl methyl sites for hydroxylation is 3. The molecule has 0 saturated carbocycles. The zero-order chi connectivity index (χ0) is 33.5. The summed E-state index contributed by atoms with van der Waals surface area (Å²) in [5.74, 6) is 1.45. The highest BCUT2D eigenvalue weighted by molar-refractivity contribution is 6.13. The molecule has 0 bridgehead atoms. The molecule has 0 spiro atoms. The standard InChI is InChI=1S/C43H30N6O/c1-25-19-26(2)39(27(3)20-25)37-24-48-40-33(11-7-17-44-40)31-15-13-30(22-36(31)43(48)47-37)50-29-14-16-32-34-12-8-18-45-41(34)49-38(28-9-5-4-6-10-28)23-46-42(49)35(32)21-29/h4-24H,1-3H3. The lowest BCUT2D eigenvalue weighted by Crippen LogP contribution is -1.96. The second-order valence-electron chi connectivity index (χ2n) is 13.0. The number of nitrogens with zero attached hydrogens (tertiary/aromatic N) is 6. The average Bonchev–Trinajstić information content (AvgIpc) is 3.78. The summed E-state index contributed by atoms with van der Waals surface area (Å²) >= 11 is 0. The van der Waals surface area contributed by atoms with Crippen LogP contribution in [0.25, 0.3) is 77.4 Å². The summed E-state index contributed by atoms with van der Waals surface area (Å²) in [5, 5.41) is 6.26. The lowest BCUT2D eigenvalue weighted by atomic mass is 9.98. The minimum Gasteiger partial charge on any atom is -0.457 e. The van der Waals surface area contributed by atoms with Gasteiger partial charge >= 0.3 is 0 Å². The molecule has 0 unspecified atom stereocenters. The Balaban J connectivity index is 1.15. The van der Waals surface area contributed by atoms with Crippen molar-refractivity contribution in [1.29, 1.82) is 0 Å². The molecule has 6 aromatic heterocycles. The highest BCUT2D eigenvalue weighted by Gasteiger charge is 2.18. The SMILES string of the molecule is Cc1cc(C)c(-c2cn3c4ncccc4c4ccc(Oc5ccc6c7cccnc7n7c(-c8ccccc8)cnc7c6c5)cc4c3n2)c(C)c1. The first-order valence-electron chi connectivity index (χ1n) is 16.7. The second kappa shape index (κ2) is 10.7. The molecule has 0 saturated heterocycles. The van der Waals surface area contributed by atoms with Crippen molar-refractivity contribution in [2.75, 3.05) is 0 Å². The third-order valence-electron chi connectivity index (χ3n) is 9.76. The fourth-order valence-corrected chi connectivity index (χ4v) is 7.74. The summed E-state index contributed by atoms with van der Waals surface area (Å²) in [6.07, 6.45) is 7.72. The maximum Gasteiger partial charge on any atom is 0.147 e. The summed E-state index contributed by atoms with van der Waals surface area (Å²) in [5.41, 5.74) is 11.2. The van der Waals surface area contributed by atoms with Gasteiger partial charge in [0.1, 0.15) is 34.1 Å². The van der Waals surface area contributed by atoms with Crippen molar-refractivity contribution in [3.63, 3.8) is 0 Å². The molecule has 10 rings (SSSR count). The molecule has 6 heterocycles. The number of hydrogen-bond acceptors (Lipinski definition) is 5. The van der Waals surface area contributed by atoms with Crippen LogP contribution < -0.4 is 4.74 Å². The Morgan fingerprint density at radius 3 is 1.86 bits per heavy atom. The molecular weight excluding hydrogens is 617 g/mol. The van der Waals surface area contributed by atoms with Gasteiger partial charge in [-0.25, -0.2) is 19.9 Å². The Hall–Kier alpha value is -6.60. The predicted octanol–water partition coefficient (Wildman–Crippen LogP) is 10.4. The van der Waals surface area contributed by atoms with Crippen LogP contribution in [0, 0.1) is 20.8 Å². The van der Waals surface area contributed by atoms with E-state index in [1.807, 2.05) is 61.1 Å². The van der Waals surface area contributed by atoms with E-state index in [0.29, 0.717) is 0 Å². The number of aromatic nitrogens is 6. The summed E-state index contributed by atoms with van der Waals surface area (Å²) < 4.78 is 10.9. The molecule has 238 valence electrons. The van der Waals surface area contributed by atoms with Crippen LogP contribution in [0.1, 0.15) is 16.7 Å². The smallest absolute Gasteiger partial charge is 0.147 e. The number of benzene rings is 4. The van der Waals surface area contributed by atoms with E-state index < -0.39 is 0 Å². The zero-order valence-electron chi connectivity index (χ0n) is 27.7. The van der Waals surface area contributed by atoms with Crippen LogP contribution in [0.5, 0.6) is 11.5 Å². The van der Waals surface area contributed by atoms with Gasteiger partial charge in [-0.1, -0.05) is 48.0 Å². The fourth-order valence-electron chi connectivity index (χ4n) is 7.74. The molecule has 0 radical (unpaired) electrons. The van der Waals surface area contributed by atoms with Crippen molar-refractivity contribution in [3.8, 4) is 34.0 Å². The highest BCUT2D eigenvalue weighted by atomic mass is 16.5. The van der Waals surface area contributed by atoms with E-state index >= 15 is 0 Å². The van der Waals surface area contributed by atoms with Crippen molar-refractivity contribution in [1.82, 2.24) is 28.7 Å². The Bertz CT molecular complexity index is 2970. The van der Waals surface area contributed by atoms with Crippen LogP contribution in [-0.2, 0) is 0 Å². The maximum atomic E-state index is 6.65. The lowest BCUT2D eigenvalue weighted by Gasteiger charge is -2.13. The van der Waals surface area contributed by atoms with Crippen LogP contribution >= 0.6 is 0 Å². The Kier molecular flexibility index (Phi) is 6.08. The minimum absolute atomic E-state index is 0.722. The van der Waals surface area contributed by atoms with Gasteiger partial charge in [0, 0.05) is 51.3 Å². The van der Waals surface area contributed by atoms with Crippen molar-refractivity contribution in [3.05, 3.63) is 145 Å². The lowest BCUT2D eigenvalue weighted by molar-refractivity contribution is 0.484. The Morgan fingerprint density at radius 2 is 1.16 bits per heavy atom. The molecular formula is C43H30N6O. The zero-order valence-corrected chi connectivity index (χ0v) is 27.7. The topological polar surface area (TPSA) is 69.6 Å². The van der Waals surface area contributed by atoms with Gasteiger partial charge in [-0.2, -0.15) is 0 Å². The van der Waals surface area contributed by atoms with E-state index in [4.69, 9.17) is 24.7 Å². The molecule has 0 N–H and O–H groups in total. The third kappa shape index (κ3) is 4.23. The van der Waals surface area contributed by atoms with Crippen LogP contribution in [0.4, 0.5) is 0 Å². The van der Waals surface area contributed by atoms with Gasteiger partial charge in [-0.15, -0.1) is 0 Å². The molecule has 7 heteroatoms. The van der Waals surface area contributed by atoms with Crippen molar-refractivity contribution < 1.29 is 4.74 Å². The minimum atomic E-state index is 0.722. The first-order valence-corrected chi connectivity index (χ1v) is 16.7. The molecule has 0 atom stereocenters. The van der Waals surface area contributed by atoms with Gasteiger partial charge in [-0.05, 0) is 103 Å². The van der Waals surface area contributed by atoms with Crippen molar-refractivity contribution in [2.24, 2.45) is 0 Å². The number of ether oxygens (including phenoxy) is 1. The fraction of sp³-hybridized carbons (Fsp3) is 0.0698. The maximum absolute atomic E-state index is 6.65. The molecule has 0 amide bonds. The van der Waals surface area contributed by atoms with Crippen LogP contribution in [0.15, 0.2) is 128 Å². The van der Waals surface area contributed by atoms with Crippen LogP contribution in [-0.4, -0.2) is 28.7 Å². The Labute approximate surface area is 287 Å². The van der Waals surface area contributed by atoms with E-state index in [1.165, 1.54) is 16.7 Å². The molecule has 50 heavy (non-hydrogen) atoms. The summed E-state index contributed by atoms with van der Waals surface area (Å²) in [7, 11) is 0. The van der Waals surface area contributed by atoms with Crippen molar-refractivity contribution >= 4 is 54.9 Å². The van der Waals surface area contributed by atoms with E-state index in [1.54, 1.807) is 0 Å². The van der Waals surface area contributed by atoms with Gasteiger partial charge in [0.05, 0.1) is 17.6 Å². The van der Waals surface area contributed by atoms with Crippen LogP contribution in [0.3, 0.4) is 0 Å². The second-order valence-corrected chi connectivity index (χ2v) is 13.0.